The first-order valence-electron chi connectivity index (χ1n) is 9.10. The molecule has 0 saturated carbocycles. The van der Waals surface area contributed by atoms with Crippen molar-refractivity contribution in [2.24, 2.45) is 0 Å². The van der Waals surface area contributed by atoms with E-state index in [2.05, 4.69) is 0 Å². The monoisotopic (exact) mass is 416 g/mol. The van der Waals surface area contributed by atoms with E-state index < -0.39 is 24.5 Å². The van der Waals surface area contributed by atoms with Crippen LogP contribution >= 0.6 is 0 Å². The molecule has 2 aromatic carbocycles. The summed E-state index contributed by atoms with van der Waals surface area (Å²) < 4.78 is 10.6. The molecule has 0 amide bonds. The van der Waals surface area contributed by atoms with Crippen LogP contribution in [0.3, 0.4) is 0 Å². The molecule has 0 radical (unpaired) electrons. The normalized spacial score (nSPS) is 14.6. The van der Waals surface area contributed by atoms with Gasteiger partial charge in [-0.05, 0) is 61.4 Å². The first-order valence-corrected chi connectivity index (χ1v) is 9.10. The Morgan fingerprint density at radius 1 is 0.833 bits per heavy atom. The molecule has 5 N–H and O–H groups in total. The quantitative estimate of drug-likeness (QED) is 0.192. The Hall–Kier alpha value is -3.49. The van der Waals surface area contributed by atoms with Gasteiger partial charge in [0.25, 0.3) is 0 Å². The molecule has 0 bridgehead atoms. The molecular weight excluding hydrogens is 392 g/mol. The maximum Gasteiger partial charge on any atom is 0.331 e. The molecule has 30 heavy (non-hydrogen) atoms. The minimum absolute atomic E-state index is 0.246. The lowest BCUT2D eigenvalue weighted by molar-refractivity contribution is -0.163. The van der Waals surface area contributed by atoms with Crippen LogP contribution in [0.25, 0.3) is 12.2 Å². The number of ether oxygens (including phenoxy) is 2. The average Bonchev–Trinajstić information content (AvgIpc) is 2.69. The number of hydrogen-bond acceptors (Lipinski definition) is 8. The zero-order valence-electron chi connectivity index (χ0n) is 16.5. The number of phenolic OH excluding ortho intramolecular Hbond substituents is 4. The molecule has 160 valence electrons. The van der Waals surface area contributed by atoms with E-state index in [4.69, 9.17) is 9.47 Å². The number of benzene rings is 2. The molecule has 3 atom stereocenters. The fraction of sp³-hybridized carbons (Fsp3) is 0.227. The van der Waals surface area contributed by atoms with Crippen molar-refractivity contribution >= 4 is 18.1 Å². The van der Waals surface area contributed by atoms with Crippen LogP contribution in [0.2, 0.25) is 0 Å². The second-order valence-corrected chi connectivity index (χ2v) is 6.56. The molecule has 2 aromatic rings. The Morgan fingerprint density at radius 2 is 1.37 bits per heavy atom. The second kappa shape index (κ2) is 10.3. The summed E-state index contributed by atoms with van der Waals surface area (Å²) in [6.45, 7) is 3.24. The van der Waals surface area contributed by atoms with E-state index in [0.717, 1.165) is 0 Å². The van der Waals surface area contributed by atoms with Crippen molar-refractivity contribution in [2.75, 3.05) is 0 Å². The number of esters is 1. The smallest absolute Gasteiger partial charge is 0.331 e. The molecular formula is C22H24O8. The minimum atomic E-state index is -1.28. The van der Waals surface area contributed by atoms with Gasteiger partial charge >= 0.3 is 5.97 Å². The number of hydrogen-bond donors (Lipinski definition) is 5. The molecule has 0 saturated heterocycles. The van der Waals surface area contributed by atoms with E-state index in [-0.39, 0.29) is 23.0 Å². The highest BCUT2D eigenvalue weighted by molar-refractivity contribution is 5.87. The molecule has 0 aliphatic rings. The minimum Gasteiger partial charge on any atom is -0.504 e. The summed E-state index contributed by atoms with van der Waals surface area (Å²) >= 11 is 0. The van der Waals surface area contributed by atoms with Gasteiger partial charge in [-0.25, -0.2) is 4.79 Å². The van der Waals surface area contributed by atoms with Crippen molar-refractivity contribution in [1.29, 1.82) is 0 Å². The van der Waals surface area contributed by atoms with Crippen molar-refractivity contribution in [3.63, 3.8) is 0 Å². The van der Waals surface area contributed by atoms with Crippen LogP contribution in [0.1, 0.15) is 25.0 Å². The SMILES string of the molecule is C[C@H](OC(=O)/C=C/c1ccc(O)c(O)c1)[C@H](C)O[C@H](O)/C=C/c1ccc(O)c(O)c1. The molecule has 0 heterocycles. The fourth-order valence-electron chi connectivity index (χ4n) is 2.34. The zero-order valence-corrected chi connectivity index (χ0v) is 16.5. The summed E-state index contributed by atoms with van der Waals surface area (Å²) in [7, 11) is 0. The third-order valence-corrected chi connectivity index (χ3v) is 4.18. The van der Waals surface area contributed by atoms with E-state index in [1.54, 1.807) is 19.9 Å². The zero-order chi connectivity index (χ0) is 22.3. The highest BCUT2D eigenvalue weighted by Crippen LogP contribution is 2.26. The largest absolute Gasteiger partial charge is 0.504 e. The van der Waals surface area contributed by atoms with Gasteiger partial charge in [0.05, 0.1) is 6.10 Å². The van der Waals surface area contributed by atoms with Gasteiger partial charge in [-0.3, -0.25) is 0 Å². The maximum atomic E-state index is 11.9. The predicted molar refractivity (Wildman–Crippen MR) is 110 cm³/mol. The molecule has 0 unspecified atom stereocenters. The van der Waals surface area contributed by atoms with Gasteiger partial charge in [0.1, 0.15) is 6.10 Å². The van der Waals surface area contributed by atoms with Gasteiger partial charge in [-0.15, -0.1) is 0 Å². The van der Waals surface area contributed by atoms with Crippen LogP contribution in [0.4, 0.5) is 0 Å². The Bertz CT molecular complexity index is 935. The highest BCUT2D eigenvalue weighted by Gasteiger charge is 2.18. The average molecular weight is 416 g/mol. The Balaban J connectivity index is 1.85. The lowest BCUT2D eigenvalue weighted by Gasteiger charge is -2.22. The summed E-state index contributed by atoms with van der Waals surface area (Å²) in [6.07, 6.45) is 2.85. The van der Waals surface area contributed by atoms with E-state index in [0.29, 0.717) is 11.1 Å². The summed E-state index contributed by atoms with van der Waals surface area (Å²) in [5.41, 5.74) is 1.05. The van der Waals surface area contributed by atoms with Crippen molar-refractivity contribution in [3.8, 4) is 23.0 Å². The molecule has 0 aromatic heterocycles. The molecule has 8 heteroatoms. The number of aliphatic hydroxyl groups excluding tert-OH is 1. The van der Waals surface area contributed by atoms with E-state index in [1.165, 1.54) is 54.6 Å². The van der Waals surface area contributed by atoms with E-state index >= 15 is 0 Å². The van der Waals surface area contributed by atoms with Crippen molar-refractivity contribution < 1.29 is 39.8 Å². The number of phenols is 4. The lowest BCUT2D eigenvalue weighted by atomic mass is 10.2. The summed E-state index contributed by atoms with van der Waals surface area (Å²) in [5, 5.41) is 47.4. The van der Waals surface area contributed by atoms with Gasteiger partial charge < -0.3 is 35.0 Å². The standard InChI is InChI=1S/C22H24O8/c1-13(29-21(27)9-5-15-3-7-17(23)19(25)11-15)14(2)30-22(28)10-6-16-4-8-18(24)20(26)12-16/h3-14,21,23-27H,1-2H3/b9-5+,10-6+/t13-,14-,21-/m0/s1. The van der Waals surface area contributed by atoms with Crippen LogP contribution in [0, 0.1) is 0 Å². The predicted octanol–water partition coefficient (Wildman–Crippen LogP) is 2.89. The Labute approximate surface area is 173 Å². The third-order valence-electron chi connectivity index (χ3n) is 4.18. The topological polar surface area (TPSA) is 137 Å². The molecule has 0 aliphatic carbocycles. The number of carbonyl (C=O) groups excluding carboxylic acids is 1. The van der Waals surface area contributed by atoms with Gasteiger partial charge in [0, 0.05) is 6.08 Å². The third kappa shape index (κ3) is 6.84. The molecule has 2 rings (SSSR count). The molecule has 0 fully saturated rings. The number of aromatic hydroxyl groups is 4. The molecule has 0 spiro atoms. The fourth-order valence-corrected chi connectivity index (χ4v) is 2.34. The summed E-state index contributed by atoms with van der Waals surface area (Å²) in [6, 6.07) is 8.31. The summed E-state index contributed by atoms with van der Waals surface area (Å²) in [4.78, 5) is 11.9. The van der Waals surface area contributed by atoms with Gasteiger partial charge in [0.2, 0.25) is 0 Å². The first kappa shape index (κ1) is 22.8. The highest BCUT2D eigenvalue weighted by atomic mass is 16.6. The van der Waals surface area contributed by atoms with Crippen LogP contribution in [0.5, 0.6) is 23.0 Å². The van der Waals surface area contributed by atoms with Crippen LogP contribution < -0.4 is 0 Å². The second-order valence-electron chi connectivity index (χ2n) is 6.56. The Kier molecular flexibility index (Phi) is 7.85. The number of aliphatic hydroxyl groups is 1. The molecule has 0 aliphatic heterocycles. The number of carbonyl (C=O) groups is 1. The van der Waals surface area contributed by atoms with E-state index in [1.807, 2.05) is 0 Å². The summed E-state index contributed by atoms with van der Waals surface area (Å²) in [5.74, 6) is -1.73. The van der Waals surface area contributed by atoms with Crippen molar-refractivity contribution in [1.82, 2.24) is 0 Å². The van der Waals surface area contributed by atoms with Crippen LogP contribution in [0.15, 0.2) is 48.6 Å². The van der Waals surface area contributed by atoms with Crippen molar-refractivity contribution in [3.05, 3.63) is 59.7 Å². The van der Waals surface area contributed by atoms with E-state index in [9.17, 15) is 30.3 Å². The van der Waals surface area contributed by atoms with Gasteiger partial charge in [-0.1, -0.05) is 18.2 Å². The van der Waals surface area contributed by atoms with Gasteiger partial charge in [-0.2, -0.15) is 0 Å². The molecule has 8 nitrogen and oxygen atoms in total. The van der Waals surface area contributed by atoms with Gasteiger partial charge in [0.15, 0.2) is 29.3 Å². The Morgan fingerprint density at radius 3 is 1.90 bits per heavy atom. The van der Waals surface area contributed by atoms with Crippen molar-refractivity contribution in [2.45, 2.75) is 32.3 Å². The van der Waals surface area contributed by atoms with Crippen LogP contribution in [-0.2, 0) is 14.3 Å². The number of rotatable bonds is 8. The van der Waals surface area contributed by atoms with Crippen LogP contribution in [-0.4, -0.2) is 50.0 Å². The maximum absolute atomic E-state index is 11.9. The first-order chi connectivity index (χ1) is 14.2. The lowest BCUT2D eigenvalue weighted by Crippen LogP contribution is -2.31.